The molecule has 0 saturated heterocycles. The maximum atomic E-state index is 5.37. The van der Waals surface area contributed by atoms with Crippen LogP contribution in [-0.2, 0) is 0 Å². The van der Waals surface area contributed by atoms with Crippen molar-refractivity contribution in [2.45, 2.75) is 6.92 Å². The molecule has 0 aromatic carbocycles. The Kier molecular flexibility index (Phi) is 3.01. The maximum Gasteiger partial charge on any atom is 0.254 e. The van der Waals surface area contributed by atoms with Gasteiger partial charge in [-0.15, -0.1) is 0 Å². The van der Waals surface area contributed by atoms with Gasteiger partial charge in [-0.25, -0.2) is 5.84 Å². The van der Waals surface area contributed by atoms with Crippen LogP contribution < -0.4 is 27.5 Å². The van der Waals surface area contributed by atoms with Gasteiger partial charge in [-0.3, -0.25) is 0 Å². The van der Waals surface area contributed by atoms with Gasteiger partial charge >= 0.3 is 0 Å². The van der Waals surface area contributed by atoms with E-state index in [0.717, 1.165) is 5.69 Å². The molecule has 1 aromatic rings. The molecule has 0 bridgehead atoms. The van der Waals surface area contributed by atoms with Crippen molar-refractivity contribution in [3.63, 3.8) is 0 Å². The summed E-state index contributed by atoms with van der Waals surface area (Å²) in [6.45, 7) is 1.97. The van der Waals surface area contributed by atoms with Crippen LogP contribution in [0.25, 0.3) is 0 Å². The molecule has 0 fully saturated rings. The molecular formula is C4H7BrN2S. The lowest BCUT2D eigenvalue weighted by Gasteiger charge is -1.73. The Morgan fingerprint density at radius 3 is 2.50 bits per heavy atom. The summed E-state index contributed by atoms with van der Waals surface area (Å²) in [5.74, 6) is 5.37. The van der Waals surface area contributed by atoms with Crippen LogP contribution in [0.3, 0.4) is 0 Å². The third kappa shape index (κ3) is 1.45. The van der Waals surface area contributed by atoms with E-state index in [0.29, 0.717) is 0 Å². The highest BCUT2D eigenvalue weighted by Crippen LogP contribution is 1.92. The summed E-state index contributed by atoms with van der Waals surface area (Å²) in [6, 6.07) is 0. The Bertz CT molecular complexity index is 146. The number of hydrogen-bond acceptors (Lipinski definition) is 2. The van der Waals surface area contributed by atoms with Crippen molar-refractivity contribution >= 4 is 11.3 Å². The van der Waals surface area contributed by atoms with Crippen LogP contribution in [0.2, 0.25) is 0 Å². The van der Waals surface area contributed by atoms with Crippen molar-refractivity contribution in [3.05, 3.63) is 16.6 Å². The summed E-state index contributed by atoms with van der Waals surface area (Å²) in [7, 11) is 0. The van der Waals surface area contributed by atoms with E-state index in [1.807, 2.05) is 17.8 Å². The number of nitrogens with two attached hydrogens (primary N) is 1. The van der Waals surface area contributed by atoms with Crippen LogP contribution in [-0.4, -0.2) is 0 Å². The van der Waals surface area contributed by atoms with Gasteiger partial charge in [0.1, 0.15) is 0 Å². The Morgan fingerprint density at radius 2 is 2.38 bits per heavy atom. The lowest BCUT2D eigenvalue weighted by molar-refractivity contribution is -0.640. The largest absolute Gasteiger partial charge is 1.00 e. The van der Waals surface area contributed by atoms with Gasteiger partial charge in [0.05, 0.1) is 5.38 Å². The minimum absolute atomic E-state index is 0. The zero-order chi connectivity index (χ0) is 5.28. The molecule has 4 heteroatoms. The number of nitrogen functional groups attached to an aromatic ring is 1. The summed E-state index contributed by atoms with van der Waals surface area (Å²) in [5.41, 5.74) is 2.96. The highest BCUT2D eigenvalue weighted by molar-refractivity contribution is 7.07. The molecule has 0 radical (unpaired) electrons. The molecule has 1 heterocycles. The van der Waals surface area contributed by atoms with Crippen molar-refractivity contribution in [3.8, 4) is 0 Å². The summed E-state index contributed by atoms with van der Waals surface area (Å²) in [4.78, 5) is 0. The van der Waals surface area contributed by atoms with Crippen molar-refractivity contribution in [2.24, 2.45) is 0 Å². The summed E-state index contributed by atoms with van der Waals surface area (Å²) in [5, 5.41) is 2.00. The van der Waals surface area contributed by atoms with Gasteiger partial charge in [0.2, 0.25) is 5.69 Å². The standard InChI is InChI=1S/C4H7N2S.BrH/c1-4-2-7-3-6(4)5;/h2-3H,5H2,1H3;1H/q+1;/p-1. The third-order valence-corrected chi connectivity index (χ3v) is 1.65. The first-order valence-corrected chi connectivity index (χ1v) is 2.94. The van der Waals surface area contributed by atoms with Gasteiger partial charge in [-0.1, -0.05) is 16.0 Å². The topological polar surface area (TPSA) is 29.9 Å². The smallest absolute Gasteiger partial charge is 0.254 e. The fourth-order valence-corrected chi connectivity index (χ4v) is 1.02. The normalized spacial score (nSPS) is 8.12. The second-order valence-corrected chi connectivity index (χ2v) is 2.13. The van der Waals surface area contributed by atoms with Crippen LogP contribution in [0, 0.1) is 6.92 Å². The fraction of sp³-hybridized carbons (Fsp3) is 0.250. The molecule has 1 rings (SSSR count). The number of halogens is 1. The van der Waals surface area contributed by atoms with Gasteiger partial charge in [-0.2, -0.15) is 0 Å². The Morgan fingerprint density at radius 1 is 1.75 bits per heavy atom. The van der Waals surface area contributed by atoms with E-state index >= 15 is 0 Å². The molecule has 0 spiro atoms. The molecule has 0 amide bonds. The van der Waals surface area contributed by atoms with Gasteiger partial charge in [0, 0.05) is 6.92 Å². The van der Waals surface area contributed by atoms with Gasteiger partial charge in [0.25, 0.3) is 5.51 Å². The molecule has 0 saturated carbocycles. The first-order valence-electron chi connectivity index (χ1n) is 2.00. The molecule has 46 valence electrons. The Labute approximate surface area is 62.7 Å². The second-order valence-electron chi connectivity index (χ2n) is 1.41. The highest BCUT2D eigenvalue weighted by Gasteiger charge is 1.97. The summed E-state index contributed by atoms with van der Waals surface area (Å²) >= 11 is 1.60. The van der Waals surface area contributed by atoms with Crippen LogP contribution in [0.15, 0.2) is 10.9 Å². The summed E-state index contributed by atoms with van der Waals surface area (Å²) < 4.78 is 1.60. The molecule has 8 heavy (non-hydrogen) atoms. The third-order valence-electron chi connectivity index (χ3n) is 0.820. The Hall–Kier alpha value is -0.0900. The monoisotopic (exact) mass is 194 g/mol. The van der Waals surface area contributed by atoms with E-state index in [1.165, 1.54) is 0 Å². The van der Waals surface area contributed by atoms with Crippen LogP contribution in [0.4, 0.5) is 0 Å². The average molecular weight is 195 g/mol. The molecule has 0 aliphatic heterocycles. The van der Waals surface area contributed by atoms with Crippen LogP contribution in [0.1, 0.15) is 5.69 Å². The van der Waals surface area contributed by atoms with E-state index in [9.17, 15) is 0 Å². The van der Waals surface area contributed by atoms with Gasteiger partial charge in [0.15, 0.2) is 0 Å². The molecule has 0 unspecified atom stereocenters. The zero-order valence-corrected chi connectivity index (χ0v) is 6.87. The van der Waals surface area contributed by atoms with E-state index in [1.54, 1.807) is 16.0 Å². The SMILES string of the molecule is Cc1csc[n+]1N.[Br-]. The number of nitrogens with zero attached hydrogens (tertiary/aromatic N) is 1. The fourth-order valence-electron chi connectivity index (χ4n) is 0.338. The maximum absolute atomic E-state index is 5.37. The minimum Gasteiger partial charge on any atom is -1.00 e. The first kappa shape index (κ1) is 7.91. The Balaban J connectivity index is 0.000000490. The number of rotatable bonds is 0. The number of aryl methyl sites for hydroxylation is 1. The van der Waals surface area contributed by atoms with Crippen molar-refractivity contribution in [1.29, 1.82) is 0 Å². The van der Waals surface area contributed by atoms with E-state index in [4.69, 9.17) is 5.84 Å². The molecule has 0 aliphatic rings. The zero-order valence-electron chi connectivity index (χ0n) is 4.47. The average Bonchev–Trinajstić information content (AvgIpc) is 1.91. The highest BCUT2D eigenvalue weighted by atomic mass is 79.9. The minimum atomic E-state index is 0. The quantitative estimate of drug-likeness (QED) is 0.348. The molecule has 0 atom stereocenters. The molecule has 1 aromatic heterocycles. The molecule has 0 aliphatic carbocycles. The van der Waals surface area contributed by atoms with Gasteiger partial charge < -0.3 is 17.0 Å². The van der Waals surface area contributed by atoms with Crippen LogP contribution >= 0.6 is 11.3 Å². The summed E-state index contributed by atoms with van der Waals surface area (Å²) in [6.07, 6.45) is 0. The second kappa shape index (κ2) is 3.04. The van der Waals surface area contributed by atoms with Gasteiger partial charge in [-0.05, 0) is 0 Å². The first-order chi connectivity index (χ1) is 3.30. The lowest BCUT2D eigenvalue weighted by Crippen LogP contribution is -3.00. The van der Waals surface area contributed by atoms with Crippen molar-refractivity contribution in [1.82, 2.24) is 0 Å². The van der Waals surface area contributed by atoms with E-state index in [2.05, 4.69) is 0 Å². The van der Waals surface area contributed by atoms with E-state index < -0.39 is 0 Å². The molecule has 2 nitrogen and oxygen atoms in total. The van der Waals surface area contributed by atoms with Crippen molar-refractivity contribution in [2.75, 3.05) is 5.84 Å². The van der Waals surface area contributed by atoms with E-state index in [-0.39, 0.29) is 17.0 Å². The predicted molar refractivity (Wildman–Crippen MR) is 29.4 cm³/mol. The molecule has 2 N–H and O–H groups in total. The predicted octanol–water partition coefficient (Wildman–Crippen LogP) is -2.94. The lowest BCUT2D eigenvalue weighted by atomic mass is 10.6. The number of aromatic nitrogens is 1. The molecular weight excluding hydrogens is 188 g/mol. The number of hydrogen-bond donors (Lipinski definition) is 1. The van der Waals surface area contributed by atoms with Crippen LogP contribution in [0.5, 0.6) is 0 Å². The van der Waals surface area contributed by atoms with Crippen molar-refractivity contribution < 1.29 is 21.7 Å². The number of thiazole rings is 1.